The largest absolute Gasteiger partial charge is 0.479 e. The Balaban J connectivity index is 1.62. The maximum absolute atomic E-state index is 12.6. The first-order valence-electron chi connectivity index (χ1n) is 9.42. The fourth-order valence-corrected chi connectivity index (χ4v) is 2.77. The van der Waals surface area contributed by atoms with Crippen molar-refractivity contribution >= 4 is 17.6 Å². The fraction of sp³-hybridized carbons (Fsp3) is 0.167. The second-order valence-corrected chi connectivity index (χ2v) is 6.55. The van der Waals surface area contributed by atoms with Crippen LogP contribution in [0.4, 0.5) is 5.69 Å². The highest BCUT2D eigenvalue weighted by Crippen LogP contribution is 2.27. The highest BCUT2D eigenvalue weighted by molar-refractivity contribution is 5.98. The summed E-state index contributed by atoms with van der Waals surface area (Å²) in [5.41, 5.74) is 2.53. The topological polar surface area (TPSA) is 64.6 Å². The van der Waals surface area contributed by atoms with Crippen molar-refractivity contribution in [2.75, 3.05) is 5.32 Å². The fourth-order valence-electron chi connectivity index (χ4n) is 2.77. The average Bonchev–Trinajstić information content (AvgIpc) is 2.75. The second kappa shape index (κ2) is 9.55. The van der Waals surface area contributed by atoms with Gasteiger partial charge in [0.25, 0.3) is 5.91 Å². The molecule has 0 bridgehead atoms. The van der Waals surface area contributed by atoms with E-state index in [1.807, 2.05) is 72.8 Å². The zero-order valence-electron chi connectivity index (χ0n) is 16.4. The minimum Gasteiger partial charge on any atom is -0.479 e. The zero-order chi connectivity index (χ0) is 20.6. The molecule has 148 valence electrons. The highest BCUT2D eigenvalue weighted by Gasteiger charge is 2.23. The molecule has 29 heavy (non-hydrogen) atoms. The number of hydrogen-bond donors (Lipinski definition) is 1. The molecule has 3 rings (SSSR count). The van der Waals surface area contributed by atoms with Crippen molar-refractivity contribution in [1.29, 1.82) is 0 Å². The van der Waals surface area contributed by atoms with Crippen LogP contribution in [0.25, 0.3) is 11.1 Å². The summed E-state index contributed by atoms with van der Waals surface area (Å²) in [6.07, 6.45) is -1.79. The van der Waals surface area contributed by atoms with Crippen LogP contribution in [-0.2, 0) is 14.3 Å². The molecule has 0 heterocycles. The average molecular weight is 389 g/mol. The number of amides is 1. The molecule has 2 atom stereocenters. The van der Waals surface area contributed by atoms with Crippen molar-refractivity contribution in [2.24, 2.45) is 0 Å². The Morgan fingerprint density at radius 3 is 2.03 bits per heavy atom. The molecule has 0 unspecified atom stereocenters. The Labute approximate surface area is 170 Å². The van der Waals surface area contributed by atoms with Gasteiger partial charge in [0.05, 0.1) is 0 Å². The van der Waals surface area contributed by atoms with Crippen LogP contribution in [0.15, 0.2) is 84.9 Å². The predicted molar refractivity (Wildman–Crippen MR) is 113 cm³/mol. The third-order valence-electron chi connectivity index (χ3n) is 4.32. The molecule has 5 heteroatoms. The van der Waals surface area contributed by atoms with E-state index in [0.717, 1.165) is 11.1 Å². The van der Waals surface area contributed by atoms with Crippen molar-refractivity contribution in [3.8, 4) is 16.9 Å². The molecular weight excluding hydrogens is 366 g/mol. The number of esters is 1. The van der Waals surface area contributed by atoms with Gasteiger partial charge in [0.1, 0.15) is 5.75 Å². The van der Waals surface area contributed by atoms with Crippen LogP contribution >= 0.6 is 0 Å². The second-order valence-electron chi connectivity index (χ2n) is 6.55. The summed E-state index contributed by atoms with van der Waals surface area (Å²) in [7, 11) is 0. The molecule has 0 fully saturated rings. The van der Waals surface area contributed by atoms with E-state index in [1.165, 1.54) is 6.92 Å². The Bertz CT molecular complexity index is 957. The van der Waals surface area contributed by atoms with E-state index >= 15 is 0 Å². The summed E-state index contributed by atoms with van der Waals surface area (Å²) in [6.45, 7) is 3.12. The molecule has 0 aliphatic heterocycles. The molecule has 3 aromatic carbocycles. The molecule has 5 nitrogen and oxygen atoms in total. The number of para-hydroxylation sites is 2. The Kier molecular flexibility index (Phi) is 6.63. The molecule has 0 aliphatic carbocycles. The lowest BCUT2D eigenvalue weighted by atomic mass is 10.0. The lowest BCUT2D eigenvalue weighted by Gasteiger charge is -2.18. The number of benzene rings is 3. The minimum absolute atomic E-state index is 0.409. The maximum atomic E-state index is 12.6. The van der Waals surface area contributed by atoms with Crippen molar-refractivity contribution in [3.63, 3.8) is 0 Å². The molecule has 1 N–H and O–H groups in total. The number of carbonyl (C=O) groups excluding carboxylic acids is 2. The van der Waals surface area contributed by atoms with E-state index in [-0.39, 0.29) is 0 Å². The molecule has 0 aliphatic rings. The summed E-state index contributed by atoms with van der Waals surface area (Å²) < 4.78 is 10.8. The molecular formula is C24H23NO4. The highest BCUT2D eigenvalue weighted by atomic mass is 16.6. The van der Waals surface area contributed by atoms with Gasteiger partial charge in [0.15, 0.2) is 12.2 Å². The van der Waals surface area contributed by atoms with Crippen LogP contribution in [0.2, 0.25) is 0 Å². The van der Waals surface area contributed by atoms with Crippen molar-refractivity contribution < 1.29 is 19.1 Å². The number of rotatable bonds is 7. The molecule has 0 spiro atoms. The molecule has 0 radical (unpaired) electrons. The van der Waals surface area contributed by atoms with Crippen LogP contribution in [0.3, 0.4) is 0 Å². The SMILES string of the molecule is C[C@@H](OC(=O)[C@@H](C)Oc1ccccc1)C(=O)Nc1ccccc1-c1ccccc1. The van der Waals surface area contributed by atoms with Gasteiger partial charge < -0.3 is 14.8 Å². The first-order valence-corrected chi connectivity index (χ1v) is 9.42. The Hall–Kier alpha value is -3.60. The summed E-state index contributed by atoms with van der Waals surface area (Å²) in [5, 5.41) is 2.85. The van der Waals surface area contributed by atoms with Gasteiger partial charge in [-0.15, -0.1) is 0 Å². The minimum atomic E-state index is -0.965. The monoisotopic (exact) mass is 389 g/mol. The number of nitrogens with one attached hydrogen (secondary N) is 1. The first-order chi connectivity index (χ1) is 14.0. The van der Waals surface area contributed by atoms with Crippen molar-refractivity contribution in [3.05, 3.63) is 84.9 Å². The van der Waals surface area contributed by atoms with E-state index in [2.05, 4.69) is 5.32 Å². The first kappa shape index (κ1) is 20.1. The van der Waals surface area contributed by atoms with Crippen LogP contribution in [0.5, 0.6) is 5.75 Å². The Morgan fingerprint density at radius 2 is 1.34 bits per heavy atom. The number of carbonyl (C=O) groups is 2. The lowest BCUT2D eigenvalue weighted by Crippen LogP contribution is -2.35. The van der Waals surface area contributed by atoms with Gasteiger partial charge in [-0.25, -0.2) is 4.79 Å². The van der Waals surface area contributed by atoms with E-state index < -0.39 is 24.1 Å². The molecule has 0 saturated heterocycles. The number of anilines is 1. The summed E-state index contributed by atoms with van der Waals surface area (Å²) >= 11 is 0. The van der Waals surface area contributed by atoms with E-state index in [9.17, 15) is 9.59 Å². The van der Waals surface area contributed by atoms with Crippen molar-refractivity contribution in [2.45, 2.75) is 26.1 Å². The van der Waals surface area contributed by atoms with Gasteiger partial charge in [-0.2, -0.15) is 0 Å². The quantitative estimate of drug-likeness (QED) is 0.596. The number of ether oxygens (including phenoxy) is 2. The van der Waals surface area contributed by atoms with E-state index in [0.29, 0.717) is 11.4 Å². The van der Waals surface area contributed by atoms with Crippen LogP contribution in [0.1, 0.15) is 13.8 Å². The lowest BCUT2D eigenvalue weighted by molar-refractivity contribution is -0.159. The zero-order valence-corrected chi connectivity index (χ0v) is 16.4. The van der Waals surface area contributed by atoms with Crippen LogP contribution in [0, 0.1) is 0 Å². The van der Waals surface area contributed by atoms with Gasteiger partial charge in [-0.05, 0) is 37.6 Å². The third kappa shape index (κ3) is 5.45. The van der Waals surface area contributed by atoms with Gasteiger partial charge in [0, 0.05) is 11.3 Å². The normalized spacial score (nSPS) is 12.5. The molecule has 0 aromatic heterocycles. The van der Waals surface area contributed by atoms with Gasteiger partial charge in [0.2, 0.25) is 0 Å². The molecule has 3 aromatic rings. The van der Waals surface area contributed by atoms with Crippen LogP contribution in [-0.4, -0.2) is 24.1 Å². The van der Waals surface area contributed by atoms with Crippen molar-refractivity contribution in [1.82, 2.24) is 0 Å². The molecule has 1 amide bonds. The Morgan fingerprint density at radius 1 is 0.759 bits per heavy atom. The molecule has 0 saturated carbocycles. The third-order valence-corrected chi connectivity index (χ3v) is 4.32. The van der Waals surface area contributed by atoms with E-state index in [4.69, 9.17) is 9.47 Å². The summed E-state index contributed by atoms with van der Waals surface area (Å²) in [6, 6.07) is 26.2. The standard InChI is InChI=1S/C24H23NO4/c1-17(29-24(27)18(2)28-20-13-7-4-8-14-20)23(26)25-22-16-10-9-15-21(22)19-11-5-3-6-12-19/h3-18H,1-2H3,(H,25,26)/t17-,18-/m1/s1. The summed E-state index contributed by atoms with van der Waals surface area (Å²) in [5.74, 6) is -0.452. The van der Waals surface area contributed by atoms with Gasteiger partial charge in [-0.1, -0.05) is 66.7 Å². The van der Waals surface area contributed by atoms with Gasteiger partial charge in [-0.3, -0.25) is 4.79 Å². The maximum Gasteiger partial charge on any atom is 0.347 e. The summed E-state index contributed by atoms with van der Waals surface area (Å²) in [4.78, 5) is 24.9. The van der Waals surface area contributed by atoms with E-state index in [1.54, 1.807) is 19.1 Å². The number of hydrogen-bond acceptors (Lipinski definition) is 4. The van der Waals surface area contributed by atoms with Crippen LogP contribution < -0.4 is 10.1 Å². The smallest absolute Gasteiger partial charge is 0.347 e. The predicted octanol–water partition coefficient (Wildman–Crippen LogP) is 4.69. The van der Waals surface area contributed by atoms with Gasteiger partial charge >= 0.3 is 5.97 Å².